The fourth-order valence-electron chi connectivity index (χ4n) is 3.56. The van der Waals surface area contributed by atoms with Crippen molar-refractivity contribution in [1.82, 2.24) is 20.1 Å². The predicted molar refractivity (Wildman–Crippen MR) is 142 cm³/mol. The van der Waals surface area contributed by atoms with Crippen LogP contribution in [0.3, 0.4) is 0 Å². The summed E-state index contributed by atoms with van der Waals surface area (Å²) in [7, 11) is 1.75. The molecule has 0 bridgehead atoms. The molecule has 0 saturated heterocycles. The van der Waals surface area contributed by atoms with Gasteiger partial charge in [0.1, 0.15) is 5.00 Å². The van der Waals surface area contributed by atoms with Gasteiger partial charge >= 0.3 is 5.97 Å². The molecule has 0 aliphatic carbocycles. The second-order valence-electron chi connectivity index (χ2n) is 8.33. The van der Waals surface area contributed by atoms with Gasteiger partial charge in [0.25, 0.3) is 5.91 Å². The summed E-state index contributed by atoms with van der Waals surface area (Å²) in [4.78, 5) is 50.1. The molecule has 0 unspecified atom stereocenters. The van der Waals surface area contributed by atoms with E-state index < -0.39 is 12.0 Å². The highest BCUT2D eigenvalue weighted by Crippen LogP contribution is 2.34. The Morgan fingerprint density at radius 1 is 1.14 bits per heavy atom. The number of amides is 2. The second kappa shape index (κ2) is 12.2. The van der Waals surface area contributed by atoms with Crippen molar-refractivity contribution in [3.05, 3.63) is 57.2 Å². The zero-order chi connectivity index (χ0) is 27.3. The lowest BCUT2D eigenvalue weighted by atomic mass is 10.1. The number of ether oxygens (including phenoxy) is 1. The first-order valence-electron chi connectivity index (χ1n) is 11.5. The fraction of sp³-hybridized carbons (Fsp3) is 0.360. The number of rotatable bonds is 10. The fourth-order valence-corrected chi connectivity index (χ4v) is 5.38. The summed E-state index contributed by atoms with van der Waals surface area (Å²) in [6.45, 7) is 8.68. The van der Waals surface area contributed by atoms with Gasteiger partial charge in [-0.1, -0.05) is 29.5 Å². The molecule has 1 atom stereocenters. The first-order chi connectivity index (χ1) is 17.5. The Hall–Kier alpha value is -3.51. The number of Topliss-reactive ketones (excluding diaryl/α,β-unsaturated/α-hetero) is 1. The lowest BCUT2D eigenvalue weighted by Crippen LogP contribution is -2.28. The van der Waals surface area contributed by atoms with Crippen LogP contribution in [0.1, 0.15) is 74.2 Å². The molecule has 0 radical (unpaired) electrons. The number of nitrogens with zero attached hydrogens (tertiary/aromatic N) is 3. The highest BCUT2D eigenvalue weighted by molar-refractivity contribution is 7.99. The zero-order valence-electron chi connectivity index (χ0n) is 21.5. The van der Waals surface area contributed by atoms with Crippen LogP contribution in [0.4, 0.5) is 5.00 Å². The zero-order valence-corrected chi connectivity index (χ0v) is 23.1. The number of aromatic nitrogens is 3. The van der Waals surface area contributed by atoms with E-state index in [-0.39, 0.29) is 40.5 Å². The Balaban J connectivity index is 1.66. The number of thiophene rings is 1. The van der Waals surface area contributed by atoms with Crippen LogP contribution in [0.5, 0.6) is 0 Å². The van der Waals surface area contributed by atoms with Crippen LogP contribution in [0, 0.1) is 13.8 Å². The number of carbonyl (C=O) groups excluding carboxylic acids is 4. The van der Waals surface area contributed by atoms with Crippen molar-refractivity contribution >= 4 is 51.7 Å². The standard InChI is InChI=1S/C25H29N5O5S2/c1-7-35-24(34)19-14(3)20(16(5)31)37-23(19)27-18(32)12-36-25-29-28-21(30(25)6)15(4)26-22(33)17-10-8-13(2)9-11-17/h8-11,15H,7,12H2,1-6H3,(H,26,33)(H,27,32)/t15-/m1/s1. The Morgan fingerprint density at radius 3 is 2.43 bits per heavy atom. The minimum Gasteiger partial charge on any atom is -0.462 e. The molecule has 1 aromatic carbocycles. The van der Waals surface area contributed by atoms with E-state index in [4.69, 9.17) is 4.74 Å². The molecular formula is C25H29N5O5S2. The molecule has 2 aromatic heterocycles. The van der Waals surface area contributed by atoms with Gasteiger partial charge in [0.2, 0.25) is 5.91 Å². The molecule has 0 aliphatic rings. The summed E-state index contributed by atoms with van der Waals surface area (Å²) in [6, 6.07) is 6.85. The van der Waals surface area contributed by atoms with Crippen LogP contribution < -0.4 is 10.6 Å². The predicted octanol–water partition coefficient (Wildman–Crippen LogP) is 4.09. The normalized spacial score (nSPS) is 11.6. The molecule has 2 N–H and O–H groups in total. The van der Waals surface area contributed by atoms with Gasteiger partial charge in [0.05, 0.1) is 28.8 Å². The van der Waals surface area contributed by atoms with E-state index in [1.165, 1.54) is 6.92 Å². The minimum absolute atomic E-state index is 0.00923. The molecule has 3 aromatic rings. The molecule has 2 heterocycles. The second-order valence-corrected chi connectivity index (χ2v) is 10.3. The van der Waals surface area contributed by atoms with Gasteiger partial charge in [0, 0.05) is 12.6 Å². The molecule has 0 spiro atoms. The Kier molecular flexibility index (Phi) is 9.22. The Labute approximate surface area is 223 Å². The van der Waals surface area contributed by atoms with E-state index in [9.17, 15) is 19.2 Å². The molecule has 2 amide bonds. The molecule has 37 heavy (non-hydrogen) atoms. The number of nitrogens with one attached hydrogen (secondary N) is 2. The quantitative estimate of drug-likeness (QED) is 0.222. The van der Waals surface area contributed by atoms with Crippen LogP contribution in [0.15, 0.2) is 29.4 Å². The largest absolute Gasteiger partial charge is 0.462 e. The highest BCUT2D eigenvalue weighted by atomic mass is 32.2. The molecule has 196 valence electrons. The van der Waals surface area contributed by atoms with Crippen LogP contribution >= 0.6 is 23.1 Å². The Morgan fingerprint density at radius 2 is 1.81 bits per heavy atom. The van der Waals surface area contributed by atoms with E-state index in [0.717, 1.165) is 28.7 Å². The van der Waals surface area contributed by atoms with Crippen molar-refractivity contribution in [2.75, 3.05) is 17.7 Å². The van der Waals surface area contributed by atoms with Gasteiger partial charge in [-0.2, -0.15) is 0 Å². The van der Waals surface area contributed by atoms with Crippen molar-refractivity contribution in [3.8, 4) is 0 Å². The van der Waals surface area contributed by atoms with Gasteiger partial charge < -0.3 is 19.9 Å². The summed E-state index contributed by atoms with van der Waals surface area (Å²) in [5.74, 6) is -0.864. The maximum absolute atomic E-state index is 12.7. The summed E-state index contributed by atoms with van der Waals surface area (Å²) in [5, 5.41) is 14.7. The van der Waals surface area contributed by atoms with Crippen molar-refractivity contribution in [2.45, 2.75) is 45.8 Å². The number of anilines is 1. The summed E-state index contributed by atoms with van der Waals surface area (Å²) >= 11 is 2.21. The van der Waals surface area contributed by atoms with E-state index in [1.54, 1.807) is 44.5 Å². The lowest BCUT2D eigenvalue weighted by molar-refractivity contribution is -0.113. The number of benzene rings is 1. The van der Waals surface area contributed by atoms with Crippen molar-refractivity contribution in [3.63, 3.8) is 0 Å². The van der Waals surface area contributed by atoms with E-state index in [1.807, 2.05) is 19.1 Å². The van der Waals surface area contributed by atoms with Gasteiger partial charge in [0.15, 0.2) is 16.8 Å². The third-order valence-corrected chi connectivity index (χ3v) is 7.78. The minimum atomic E-state index is -0.591. The van der Waals surface area contributed by atoms with E-state index in [2.05, 4.69) is 20.8 Å². The number of hydrogen-bond acceptors (Lipinski definition) is 9. The van der Waals surface area contributed by atoms with Gasteiger partial charge in [-0.15, -0.1) is 21.5 Å². The van der Waals surface area contributed by atoms with E-state index in [0.29, 0.717) is 27.0 Å². The van der Waals surface area contributed by atoms with Gasteiger partial charge in [-0.25, -0.2) is 4.79 Å². The average molecular weight is 544 g/mol. The molecule has 12 heteroatoms. The molecular weight excluding hydrogens is 514 g/mol. The Bertz CT molecular complexity index is 1330. The van der Waals surface area contributed by atoms with Crippen LogP contribution in [0.2, 0.25) is 0 Å². The maximum Gasteiger partial charge on any atom is 0.341 e. The average Bonchev–Trinajstić information content (AvgIpc) is 3.37. The number of esters is 1. The molecule has 0 saturated carbocycles. The number of ketones is 1. The van der Waals surface area contributed by atoms with Crippen LogP contribution in [-0.2, 0) is 16.6 Å². The molecule has 10 nitrogen and oxygen atoms in total. The number of aryl methyl sites for hydroxylation is 1. The number of carbonyl (C=O) groups is 4. The summed E-state index contributed by atoms with van der Waals surface area (Å²) in [6.07, 6.45) is 0. The van der Waals surface area contributed by atoms with Gasteiger partial charge in [-0.05, 0) is 52.3 Å². The summed E-state index contributed by atoms with van der Waals surface area (Å²) < 4.78 is 6.82. The monoisotopic (exact) mass is 543 g/mol. The first-order valence-corrected chi connectivity index (χ1v) is 13.3. The van der Waals surface area contributed by atoms with Crippen LogP contribution in [0.25, 0.3) is 0 Å². The lowest BCUT2D eigenvalue weighted by Gasteiger charge is -2.13. The maximum atomic E-state index is 12.7. The van der Waals surface area contributed by atoms with Crippen molar-refractivity contribution in [1.29, 1.82) is 0 Å². The topological polar surface area (TPSA) is 132 Å². The summed E-state index contributed by atoms with van der Waals surface area (Å²) in [5.41, 5.74) is 2.28. The SMILES string of the molecule is CCOC(=O)c1c(NC(=O)CSc2nnc([C@@H](C)NC(=O)c3ccc(C)cc3)n2C)sc(C(C)=O)c1C. The first kappa shape index (κ1) is 28.1. The molecule has 0 fully saturated rings. The molecule has 0 aliphatic heterocycles. The highest BCUT2D eigenvalue weighted by Gasteiger charge is 2.25. The number of thioether (sulfide) groups is 1. The third kappa shape index (κ3) is 6.63. The van der Waals surface area contributed by atoms with Gasteiger partial charge in [-0.3, -0.25) is 14.4 Å². The van der Waals surface area contributed by atoms with Crippen molar-refractivity contribution < 1.29 is 23.9 Å². The van der Waals surface area contributed by atoms with Crippen LogP contribution in [-0.4, -0.2) is 50.7 Å². The van der Waals surface area contributed by atoms with Crippen molar-refractivity contribution in [2.24, 2.45) is 7.05 Å². The third-order valence-electron chi connectivity index (χ3n) is 5.45. The van der Waals surface area contributed by atoms with E-state index >= 15 is 0 Å². The smallest absolute Gasteiger partial charge is 0.341 e. The number of hydrogen-bond donors (Lipinski definition) is 2. The molecule has 3 rings (SSSR count).